The van der Waals surface area contributed by atoms with Gasteiger partial charge in [-0.1, -0.05) is 27.5 Å². The third-order valence-electron chi connectivity index (χ3n) is 1.37. The van der Waals surface area contributed by atoms with Crippen molar-refractivity contribution in [3.05, 3.63) is 21.8 Å². The summed E-state index contributed by atoms with van der Waals surface area (Å²) in [5.41, 5.74) is 6.02. The number of nitrogens with zero attached hydrogens (tertiary/aromatic N) is 3. The summed E-state index contributed by atoms with van der Waals surface area (Å²) in [6.07, 6.45) is 0. The Hall–Kier alpha value is -0.810. The lowest BCUT2D eigenvalue weighted by Crippen LogP contribution is -1.90. The monoisotopic (exact) mass is 246 g/mol. The summed E-state index contributed by atoms with van der Waals surface area (Å²) in [6.45, 7) is 0. The average Bonchev–Trinajstić information content (AvgIpc) is 2.29. The van der Waals surface area contributed by atoms with E-state index < -0.39 is 0 Å². The molecule has 0 unspecified atom stereocenters. The molecule has 0 bridgehead atoms. The normalized spacial score (nSPS) is 10.8. The van der Waals surface area contributed by atoms with E-state index in [1.807, 2.05) is 0 Å². The van der Waals surface area contributed by atoms with Gasteiger partial charge in [-0.2, -0.15) is 4.98 Å². The molecule has 2 rings (SSSR count). The summed E-state index contributed by atoms with van der Waals surface area (Å²) < 4.78 is 2.33. The largest absolute Gasteiger partial charge is 0.366 e. The Labute approximate surface area is 81.5 Å². The average molecular weight is 247 g/mol. The van der Waals surface area contributed by atoms with Gasteiger partial charge in [0.25, 0.3) is 0 Å². The molecule has 0 aliphatic heterocycles. The van der Waals surface area contributed by atoms with Crippen molar-refractivity contribution < 1.29 is 0 Å². The van der Waals surface area contributed by atoms with Crippen LogP contribution in [0.25, 0.3) is 5.65 Å². The van der Waals surface area contributed by atoms with Crippen molar-refractivity contribution in [2.75, 3.05) is 5.73 Å². The minimum atomic E-state index is 0.218. The number of fused-ring (bicyclic) bond motifs is 1. The predicted octanol–water partition coefficient (Wildman–Crippen LogP) is 1.73. The number of nitrogens with two attached hydrogens (primary N) is 1. The lowest BCUT2D eigenvalue weighted by atomic mass is 10.5. The molecule has 2 heterocycles. The van der Waals surface area contributed by atoms with E-state index in [1.54, 1.807) is 12.1 Å². The molecule has 0 atom stereocenters. The summed E-state index contributed by atoms with van der Waals surface area (Å²) in [6, 6.07) is 3.51. The molecule has 0 amide bonds. The second-order valence-electron chi connectivity index (χ2n) is 2.24. The maximum absolute atomic E-state index is 5.85. The standard InChI is InChI=1S/C6H4BrClN4/c7-3-1-4(8)12-5(2-3)10-6(9)11-12/h1-2H,(H2,9,11). The predicted molar refractivity (Wildman–Crippen MR) is 50.1 cm³/mol. The Morgan fingerprint density at radius 1 is 1.50 bits per heavy atom. The van der Waals surface area contributed by atoms with E-state index in [9.17, 15) is 0 Å². The van der Waals surface area contributed by atoms with Gasteiger partial charge in [0, 0.05) is 4.47 Å². The van der Waals surface area contributed by atoms with Crippen LogP contribution >= 0.6 is 27.5 Å². The van der Waals surface area contributed by atoms with Gasteiger partial charge in [-0.05, 0) is 12.1 Å². The lowest BCUT2D eigenvalue weighted by molar-refractivity contribution is 0.967. The Bertz CT molecular complexity index is 438. The summed E-state index contributed by atoms with van der Waals surface area (Å²) in [5.74, 6) is 0.218. The molecule has 62 valence electrons. The van der Waals surface area contributed by atoms with E-state index >= 15 is 0 Å². The first-order valence-electron chi connectivity index (χ1n) is 3.14. The molecular weight excluding hydrogens is 243 g/mol. The van der Waals surface area contributed by atoms with Gasteiger partial charge in [-0.3, -0.25) is 0 Å². The zero-order valence-electron chi connectivity index (χ0n) is 5.83. The molecule has 2 aromatic heterocycles. The van der Waals surface area contributed by atoms with Crippen molar-refractivity contribution in [2.45, 2.75) is 0 Å². The molecule has 0 aliphatic rings. The highest BCUT2D eigenvalue weighted by Crippen LogP contribution is 2.19. The molecule has 0 saturated carbocycles. The summed E-state index contributed by atoms with van der Waals surface area (Å²) in [5, 5.41) is 4.36. The summed E-state index contributed by atoms with van der Waals surface area (Å²) in [4.78, 5) is 3.95. The molecule has 2 aromatic rings. The van der Waals surface area contributed by atoms with E-state index in [0.29, 0.717) is 10.8 Å². The summed E-state index contributed by atoms with van der Waals surface area (Å²) in [7, 11) is 0. The molecule has 0 saturated heterocycles. The maximum Gasteiger partial charge on any atom is 0.240 e. The van der Waals surface area contributed by atoms with E-state index in [2.05, 4.69) is 26.0 Å². The van der Waals surface area contributed by atoms with E-state index in [4.69, 9.17) is 17.3 Å². The first-order chi connectivity index (χ1) is 5.66. The van der Waals surface area contributed by atoms with Crippen LogP contribution in [0, 0.1) is 0 Å². The van der Waals surface area contributed by atoms with Crippen LogP contribution in [-0.2, 0) is 0 Å². The second kappa shape index (κ2) is 2.60. The maximum atomic E-state index is 5.85. The van der Waals surface area contributed by atoms with Gasteiger partial charge in [0.2, 0.25) is 5.95 Å². The number of hydrogen-bond donors (Lipinski definition) is 1. The fourth-order valence-electron chi connectivity index (χ4n) is 0.931. The van der Waals surface area contributed by atoms with Gasteiger partial charge >= 0.3 is 0 Å². The second-order valence-corrected chi connectivity index (χ2v) is 3.54. The van der Waals surface area contributed by atoms with Crippen LogP contribution < -0.4 is 5.73 Å². The van der Waals surface area contributed by atoms with Crippen LogP contribution in [0.1, 0.15) is 0 Å². The van der Waals surface area contributed by atoms with Gasteiger partial charge in [0.1, 0.15) is 5.15 Å². The van der Waals surface area contributed by atoms with Gasteiger partial charge in [-0.15, -0.1) is 5.10 Å². The molecule has 0 aromatic carbocycles. The van der Waals surface area contributed by atoms with Crippen molar-refractivity contribution in [3.8, 4) is 0 Å². The zero-order chi connectivity index (χ0) is 8.72. The topological polar surface area (TPSA) is 56.2 Å². The summed E-state index contributed by atoms with van der Waals surface area (Å²) >= 11 is 9.14. The van der Waals surface area contributed by atoms with Crippen LogP contribution in [0.15, 0.2) is 16.6 Å². The van der Waals surface area contributed by atoms with Crippen molar-refractivity contribution in [2.24, 2.45) is 0 Å². The van der Waals surface area contributed by atoms with Crippen molar-refractivity contribution in [3.63, 3.8) is 0 Å². The third-order valence-corrected chi connectivity index (χ3v) is 2.10. The van der Waals surface area contributed by atoms with Crippen molar-refractivity contribution >= 4 is 39.1 Å². The molecule has 0 fully saturated rings. The molecule has 0 aliphatic carbocycles. The fourth-order valence-corrected chi connectivity index (χ4v) is 1.73. The smallest absolute Gasteiger partial charge is 0.240 e. The van der Waals surface area contributed by atoms with Crippen LogP contribution in [0.5, 0.6) is 0 Å². The molecule has 12 heavy (non-hydrogen) atoms. The Kier molecular flexibility index (Phi) is 1.69. The van der Waals surface area contributed by atoms with Crippen LogP contribution in [0.2, 0.25) is 5.15 Å². The van der Waals surface area contributed by atoms with E-state index in [1.165, 1.54) is 4.52 Å². The number of aromatic nitrogens is 3. The minimum Gasteiger partial charge on any atom is -0.366 e. The quantitative estimate of drug-likeness (QED) is 0.721. The van der Waals surface area contributed by atoms with E-state index in [0.717, 1.165) is 4.47 Å². The Morgan fingerprint density at radius 2 is 2.25 bits per heavy atom. The number of halogens is 2. The molecule has 2 N–H and O–H groups in total. The Balaban J connectivity index is 2.88. The molecule has 0 spiro atoms. The van der Waals surface area contributed by atoms with Crippen molar-refractivity contribution in [1.29, 1.82) is 0 Å². The van der Waals surface area contributed by atoms with E-state index in [-0.39, 0.29) is 5.95 Å². The minimum absolute atomic E-state index is 0.218. The third kappa shape index (κ3) is 1.15. The van der Waals surface area contributed by atoms with Gasteiger partial charge in [0.05, 0.1) is 0 Å². The highest BCUT2D eigenvalue weighted by molar-refractivity contribution is 9.10. The zero-order valence-corrected chi connectivity index (χ0v) is 8.17. The Morgan fingerprint density at radius 3 is 3.00 bits per heavy atom. The van der Waals surface area contributed by atoms with Crippen LogP contribution in [-0.4, -0.2) is 14.6 Å². The highest BCUT2D eigenvalue weighted by atomic mass is 79.9. The van der Waals surface area contributed by atoms with Crippen molar-refractivity contribution in [1.82, 2.24) is 14.6 Å². The molecule has 4 nitrogen and oxygen atoms in total. The highest BCUT2D eigenvalue weighted by Gasteiger charge is 2.04. The van der Waals surface area contributed by atoms with Gasteiger partial charge in [0.15, 0.2) is 5.65 Å². The number of nitrogen functional groups attached to an aromatic ring is 1. The van der Waals surface area contributed by atoms with Gasteiger partial charge in [-0.25, -0.2) is 4.52 Å². The fraction of sp³-hybridized carbons (Fsp3) is 0. The van der Waals surface area contributed by atoms with Crippen LogP contribution in [0.4, 0.5) is 5.95 Å². The number of anilines is 1. The lowest BCUT2D eigenvalue weighted by Gasteiger charge is -1.94. The molecule has 6 heteroatoms. The number of hydrogen-bond acceptors (Lipinski definition) is 3. The number of pyridine rings is 1. The first-order valence-corrected chi connectivity index (χ1v) is 4.31. The SMILES string of the molecule is Nc1nc2cc(Br)cc(Cl)n2n1. The van der Waals surface area contributed by atoms with Crippen LogP contribution in [0.3, 0.4) is 0 Å². The molecular formula is C6H4BrClN4. The van der Waals surface area contributed by atoms with Gasteiger partial charge < -0.3 is 5.73 Å². The number of rotatable bonds is 0. The first kappa shape index (κ1) is 7.82. The molecule has 0 radical (unpaired) electrons.